The summed E-state index contributed by atoms with van der Waals surface area (Å²) in [6, 6.07) is 0. The number of phosphoric acid groups is 1. The molecule has 0 radical (unpaired) electrons. The van der Waals surface area contributed by atoms with Crippen LogP contribution in [0.1, 0.15) is 168 Å². The van der Waals surface area contributed by atoms with Crippen LogP contribution in [0.5, 0.6) is 0 Å². The Morgan fingerprint density at radius 1 is 0.569 bits per heavy atom. The van der Waals surface area contributed by atoms with Crippen molar-refractivity contribution in [3.63, 3.8) is 0 Å². The highest BCUT2D eigenvalue weighted by Gasteiger charge is 2.51. The van der Waals surface area contributed by atoms with Crippen molar-refractivity contribution in [3.05, 3.63) is 48.6 Å². The van der Waals surface area contributed by atoms with Crippen molar-refractivity contribution in [2.75, 3.05) is 19.8 Å². The lowest BCUT2D eigenvalue weighted by atomic mass is 9.85. The topological polar surface area (TPSA) is 192 Å². The van der Waals surface area contributed by atoms with Gasteiger partial charge in [-0.2, -0.15) is 0 Å². The van der Waals surface area contributed by atoms with Crippen LogP contribution in [-0.2, 0) is 27.9 Å². The molecule has 1 rings (SSSR count). The minimum atomic E-state index is -5.03. The fourth-order valence-corrected chi connectivity index (χ4v) is 7.61. The highest BCUT2D eigenvalue weighted by molar-refractivity contribution is 7.47. The second-order valence-corrected chi connectivity index (χ2v) is 16.9. The van der Waals surface area contributed by atoms with E-state index < -0.39 is 63.1 Å². The number of carbonyl (C=O) groups excluding carboxylic acids is 1. The van der Waals surface area contributed by atoms with E-state index in [2.05, 4.69) is 62.5 Å². The largest absolute Gasteiger partial charge is 0.472 e. The summed E-state index contributed by atoms with van der Waals surface area (Å²) in [5.74, 6) is -0.517. The van der Waals surface area contributed by atoms with E-state index in [1.165, 1.54) is 83.5 Å². The minimum absolute atomic E-state index is 0.0925. The van der Waals surface area contributed by atoms with E-state index in [1.807, 2.05) is 0 Å². The van der Waals surface area contributed by atoms with Gasteiger partial charge in [0.05, 0.1) is 13.2 Å². The van der Waals surface area contributed by atoms with Gasteiger partial charge in [0.15, 0.2) is 0 Å². The number of allylic oxidation sites excluding steroid dienone is 8. The predicted molar refractivity (Wildman–Crippen MR) is 230 cm³/mol. The Morgan fingerprint density at radius 3 is 1.52 bits per heavy atom. The quantitative estimate of drug-likeness (QED) is 0.0151. The molecule has 0 spiro atoms. The van der Waals surface area contributed by atoms with Crippen molar-refractivity contribution in [3.8, 4) is 0 Å². The number of esters is 1. The lowest BCUT2D eigenvalue weighted by Gasteiger charge is -2.41. The van der Waals surface area contributed by atoms with E-state index in [4.69, 9.17) is 18.5 Å². The first kappa shape index (κ1) is 54.3. The Labute approximate surface area is 350 Å². The van der Waals surface area contributed by atoms with Gasteiger partial charge in [0, 0.05) is 13.0 Å². The number of aliphatic hydroxyl groups is 5. The zero-order chi connectivity index (χ0) is 42.7. The molecule has 1 aliphatic carbocycles. The molecule has 0 heterocycles. The highest BCUT2D eigenvalue weighted by atomic mass is 31.2. The van der Waals surface area contributed by atoms with E-state index in [0.717, 1.165) is 57.8 Å². The van der Waals surface area contributed by atoms with E-state index in [9.17, 15) is 39.8 Å². The standard InChI is InChI=1S/C45H81O12P/c1-3-5-7-9-11-13-15-17-19-21-23-25-27-29-31-33-35-54-36-38(37-55-58(52,53)57-45-43(50)41(48)40(47)42(49)44(45)51)56-39(46)34-32-30-28-26-24-22-20-18-16-14-12-10-8-6-4-2/h6,8,12,14,18,20,24,26,38,40-45,47-51H,3-5,7,9-11,13,15-17,19,21-23,25,27-37H2,1-2H3,(H,52,53)/b8-6-,14-12-,20-18-,26-24-. The molecular formula is C45H81O12P. The van der Waals surface area contributed by atoms with Gasteiger partial charge in [-0.15, -0.1) is 0 Å². The third-order valence-corrected chi connectivity index (χ3v) is 11.2. The maximum absolute atomic E-state index is 12.8. The fourth-order valence-electron chi connectivity index (χ4n) is 6.64. The predicted octanol–water partition coefficient (Wildman–Crippen LogP) is 8.86. The summed E-state index contributed by atoms with van der Waals surface area (Å²) in [6.45, 7) is 4.10. The summed E-state index contributed by atoms with van der Waals surface area (Å²) in [6.07, 6.45) is 30.4. The molecule has 1 fully saturated rings. The first-order chi connectivity index (χ1) is 28.0. The van der Waals surface area contributed by atoms with Crippen LogP contribution >= 0.6 is 7.82 Å². The monoisotopic (exact) mass is 845 g/mol. The van der Waals surface area contributed by atoms with Crippen LogP contribution in [0.15, 0.2) is 48.6 Å². The van der Waals surface area contributed by atoms with Crippen molar-refractivity contribution in [2.24, 2.45) is 0 Å². The van der Waals surface area contributed by atoms with Crippen molar-refractivity contribution >= 4 is 13.8 Å². The first-order valence-corrected chi connectivity index (χ1v) is 24.0. The van der Waals surface area contributed by atoms with Gasteiger partial charge in [-0.1, -0.05) is 159 Å². The normalized spacial score (nSPS) is 23.1. The molecule has 338 valence electrons. The number of hydrogen-bond donors (Lipinski definition) is 6. The van der Waals surface area contributed by atoms with Gasteiger partial charge in [-0.3, -0.25) is 13.8 Å². The maximum Gasteiger partial charge on any atom is 0.472 e. The SMILES string of the molecule is CC/C=C\C/C=C\C/C=C\C/C=C\CCCCC(=O)OC(COCCCCCCCCCCCCCCCCCC)COP(=O)(O)OC1C(O)C(O)C(O)C(O)C1O. The molecule has 6 atom stereocenters. The Balaban J connectivity index is 2.44. The van der Waals surface area contributed by atoms with E-state index in [-0.39, 0.29) is 13.0 Å². The molecule has 6 unspecified atom stereocenters. The second-order valence-electron chi connectivity index (χ2n) is 15.5. The van der Waals surface area contributed by atoms with Gasteiger partial charge in [0.1, 0.15) is 42.7 Å². The fraction of sp³-hybridized carbons (Fsp3) is 0.800. The van der Waals surface area contributed by atoms with E-state index >= 15 is 0 Å². The van der Waals surface area contributed by atoms with E-state index in [1.54, 1.807) is 0 Å². The lowest BCUT2D eigenvalue weighted by Crippen LogP contribution is -2.64. The summed E-state index contributed by atoms with van der Waals surface area (Å²) in [5, 5.41) is 50.1. The van der Waals surface area contributed by atoms with Gasteiger partial charge >= 0.3 is 13.8 Å². The molecule has 1 saturated carbocycles. The van der Waals surface area contributed by atoms with Crippen LogP contribution in [0.25, 0.3) is 0 Å². The second kappa shape index (κ2) is 36.0. The summed E-state index contributed by atoms with van der Waals surface area (Å²) >= 11 is 0. The number of phosphoric ester groups is 1. The summed E-state index contributed by atoms with van der Waals surface area (Å²) in [4.78, 5) is 23.1. The van der Waals surface area contributed by atoms with Gasteiger partial charge in [0.2, 0.25) is 0 Å². The van der Waals surface area contributed by atoms with Gasteiger partial charge < -0.3 is 39.9 Å². The average molecular weight is 845 g/mol. The van der Waals surface area contributed by atoms with Crippen LogP contribution in [0, 0.1) is 0 Å². The third kappa shape index (κ3) is 27.9. The molecule has 0 aromatic heterocycles. The van der Waals surface area contributed by atoms with Crippen LogP contribution in [-0.4, -0.2) is 98.9 Å². The summed E-state index contributed by atoms with van der Waals surface area (Å²) in [5.41, 5.74) is 0. The van der Waals surface area contributed by atoms with Crippen molar-refractivity contribution in [1.29, 1.82) is 0 Å². The number of aliphatic hydroxyl groups excluding tert-OH is 5. The van der Waals surface area contributed by atoms with Gasteiger partial charge in [-0.05, 0) is 51.4 Å². The molecule has 0 aromatic carbocycles. The molecule has 58 heavy (non-hydrogen) atoms. The van der Waals surface area contributed by atoms with Crippen molar-refractivity contribution < 1.29 is 58.3 Å². The molecule has 6 N–H and O–H groups in total. The molecule has 13 heteroatoms. The molecule has 0 aliphatic heterocycles. The van der Waals surface area contributed by atoms with Crippen molar-refractivity contribution in [2.45, 2.75) is 211 Å². The Morgan fingerprint density at radius 2 is 1.02 bits per heavy atom. The molecule has 0 saturated heterocycles. The van der Waals surface area contributed by atoms with Crippen LogP contribution in [0.3, 0.4) is 0 Å². The number of unbranched alkanes of at least 4 members (excludes halogenated alkanes) is 17. The Kier molecular flexibility index (Phi) is 33.7. The van der Waals surface area contributed by atoms with Crippen LogP contribution < -0.4 is 0 Å². The van der Waals surface area contributed by atoms with Gasteiger partial charge in [0.25, 0.3) is 0 Å². The summed E-state index contributed by atoms with van der Waals surface area (Å²) < 4.78 is 34.1. The number of ether oxygens (including phenoxy) is 2. The van der Waals surface area contributed by atoms with Crippen LogP contribution in [0.2, 0.25) is 0 Å². The zero-order valence-corrected chi connectivity index (χ0v) is 36.7. The molecular weight excluding hydrogens is 763 g/mol. The maximum atomic E-state index is 12.8. The van der Waals surface area contributed by atoms with Crippen molar-refractivity contribution in [1.82, 2.24) is 0 Å². The molecule has 0 aromatic rings. The third-order valence-electron chi connectivity index (χ3n) is 10.2. The van der Waals surface area contributed by atoms with E-state index in [0.29, 0.717) is 13.0 Å². The Bertz CT molecular complexity index is 1140. The average Bonchev–Trinajstić information content (AvgIpc) is 3.21. The molecule has 1 aliphatic rings. The number of rotatable bonds is 37. The molecule has 0 amide bonds. The van der Waals surface area contributed by atoms with Crippen LogP contribution in [0.4, 0.5) is 0 Å². The first-order valence-electron chi connectivity index (χ1n) is 22.5. The Hall–Kier alpha value is -1.70. The molecule has 0 bridgehead atoms. The lowest BCUT2D eigenvalue weighted by molar-refractivity contribution is -0.220. The molecule has 12 nitrogen and oxygen atoms in total. The zero-order valence-electron chi connectivity index (χ0n) is 35.8. The number of hydrogen-bond acceptors (Lipinski definition) is 11. The highest BCUT2D eigenvalue weighted by Crippen LogP contribution is 2.47. The van der Waals surface area contributed by atoms with Gasteiger partial charge in [-0.25, -0.2) is 4.57 Å². The smallest absolute Gasteiger partial charge is 0.457 e. The minimum Gasteiger partial charge on any atom is -0.457 e. The number of carbonyl (C=O) groups is 1. The summed E-state index contributed by atoms with van der Waals surface area (Å²) in [7, 11) is -5.03.